The van der Waals surface area contributed by atoms with Gasteiger partial charge in [0.15, 0.2) is 17.3 Å². The Bertz CT molecular complexity index is 659. The van der Waals surface area contributed by atoms with Crippen molar-refractivity contribution in [1.29, 1.82) is 0 Å². The van der Waals surface area contributed by atoms with Crippen molar-refractivity contribution in [2.45, 2.75) is 0 Å². The average molecular weight is 270 g/mol. The molecule has 102 valence electrons. The lowest BCUT2D eigenvalue weighted by atomic mass is 10.1. The number of aromatic hydroxyl groups is 2. The Kier molecular flexibility index (Phi) is 4.05. The van der Waals surface area contributed by atoms with Crippen LogP contribution >= 0.6 is 0 Å². The summed E-state index contributed by atoms with van der Waals surface area (Å²) in [5, 5.41) is 19.2. The molecule has 2 N–H and O–H groups in total. The summed E-state index contributed by atoms with van der Waals surface area (Å²) >= 11 is 0. The third-order valence-corrected chi connectivity index (χ3v) is 2.80. The Morgan fingerprint density at radius 2 is 1.85 bits per heavy atom. The van der Waals surface area contributed by atoms with Crippen molar-refractivity contribution in [3.63, 3.8) is 0 Å². The fourth-order valence-corrected chi connectivity index (χ4v) is 1.75. The summed E-state index contributed by atoms with van der Waals surface area (Å²) in [6, 6.07) is 11.2. The maximum Gasteiger partial charge on any atom is 0.189 e. The highest BCUT2D eigenvalue weighted by Gasteiger charge is 2.07. The van der Waals surface area contributed by atoms with E-state index >= 15 is 0 Å². The van der Waals surface area contributed by atoms with Crippen LogP contribution in [0.5, 0.6) is 17.2 Å². The van der Waals surface area contributed by atoms with E-state index in [-0.39, 0.29) is 22.8 Å². The Morgan fingerprint density at radius 1 is 1.10 bits per heavy atom. The zero-order chi connectivity index (χ0) is 14.5. The maximum atomic E-state index is 11.9. The molecule has 2 aromatic carbocycles. The molecule has 0 amide bonds. The fraction of sp³-hybridized carbons (Fsp3) is 0.0625. The summed E-state index contributed by atoms with van der Waals surface area (Å²) in [6.07, 6.45) is 2.91. The summed E-state index contributed by atoms with van der Waals surface area (Å²) < 4.78 is 4.94. The predicted molar refractivity (Wildman–Crippen MR) is 76.1 cm³/mol. The van der Waals surface area contributed by atoms with Gasteiger partial charge in [-0.05, 0) is 35.9 Å². The van der Waals surface area contributed by atoms with E-state index in [4.69, 9.17) is 4.74 Å². The number of carbonyl (C=O) groups is 1. The molecular formula is C16H14O4. The highest BCUT2D eigenvalue weighted by molar-refractivity contribution is 6.08. The monoisotopic (exact) mass is 270 g/mol. The number of methoxy groups -OCH3 is 1. The minimum absolute atomic E-state index is 0.00431. The molecule has 0 heterocycles. The van der Waals surface area contributed by atoms with Gasteiger partial charge in [0, 0.05) is 0 Å². The summed E-state index contributed by atoms with van der Waals surface area (Å²) in [5.74, 6) is 0.0111. The predicted octanol–water partition coefficient (Wildman–Crippen LogP) is 3.00. The quantitative estimate of drug-likeness (QED) is 0.662. The number of ether oxygens (including phenoxy) is 1. The second-order valence-corrected chi connectivity index (χ2v) is 4.15. The number of rotatable bonds is 4. The lowest BCUT2D eigenvalue weighted by Crippen LogP contribution is -1.94. The topological polar surface area (TPSA) is 66.8 Å². The molecule has 4 heteroatoms. The number of hydrogen-bond acceptors (Lipinski definition) is 4. The molecule has 0 radical (unpaired) electrons. The summed E-state index contributed by atoms with van der Waals surface area (Å²) in [7, 11) is 1.46. The van der Waals surface area contributed by atoms with Crippen molar-refractivity contribution < 1.29 is 19.7 Å². The van der Waals surface area contributed by atoms with Crippen LogP contribution in [0, 0.1) is 0 Å². The van der Waals surface area contributed by atoms with Crippen LogP contribution in [0.25, 0.3) is 6.08 Å². The van der Waals surface area contributed by atoms with E-state index < -0.39 is 0 Å². The molecule has 4 nitrogen and oxygen atoms in total. The molecule has 0 aliphatic heterocycles. The first-order valence-corrected chi connectivity index (χ1v) is 5.99. The van der Waals surface area contributed by atoms with E-state index in [1.807, 2.05) is 0 Å². The second-order valence-electron chi connectivity index (χ2n) is 4.15. The number of benzene rings is 2. The first-order chi connectivity index (χ1) is 9.61. The number of para-hydroxylation sites is 1. The van der Waals surface area contributed by atoms with Gasteiger partial charge in [0.05, 0.1) is 12.7 Å². The van der Waals surface area contributed by atoms with Crippen molar-refractivity contribution in [2.24, 2.45) is 0 Å². The van der Waals surface area contributed by atoms with Gasteiger partial charge in [-0.3, -0.25) is 4.79 Å². The van der Waals surface area contributed by atoms with E-state index in [2.05, 4.69) is 0 Å². The number of carbonyl (C=O) groups excluding carboxylic acids is 1. The number of ketones is 1. The normalized spacial score (nSPS) is 10.7. The molecule has 0 aromatic heterocycles. The third-order valence-electron chi connectivity index (χ3n) is 2.80. The summed E-state index contributed by atoms with van der Waals surface area (Å²) in [6.45, 7) is 0. The highest BCUT2D eigenvalue weighted by Crippen LogP contribution is 2.26. The minimum Gasteiger partial charge on any atom is -0.507 e. The van der Waals surface area contributed by atoms with E-state index in [9.17, 15) is 15.0 Å². The molecule has 0 saturated carbocycles. The Morgan fingerprint density at radius 3 is 2.50 bits per heavy atom. The molecule has 0 fully saturated rings. The zero-order valence-corrected chi connectivity index (χ0v) is 10.9. The van der Waals surface area contributed by atoms with Crippen molar-refractivity contribution in [2.75, 3.05) is 7.11 Å². The molecule has 0 atom stereocenters. The molecule has 0 unspecified atom stereocenters. The molecule has 2 aromatic rings. The molecule has 0 aliphatic carbocycles. The lowest BCUT2D eigenvalue weighted by molar-refractivity contribution is 0.104. The van der Waals surface area contributed by atoms with Crippen LogP contribution in [0.15, 0.2) is 48.5 Å². The van der Waals surface area contributed by atoms with Gasteiger partial charge in [-0.25, -0.2) is 0 Å². The minimum atomic E-state index is -0.307. The molecular weight excluding hydrogens is 256 g/mol. The number of phenols is 2. The van der Waals surface area contributed by atoms with E-state index in [0.29, 0.717) is 11.3 Å². The van der Waals surface area contributed by atoms with Crippen LogP contribution in [0.2, 0.25) is 0 Å². The third kappa shape index (κ3) is 2.98. The van der Waals surface area contributed by atoms with Gasteiger partial charge in [-0.1, -0.05) is 24.3 Å². The van der Waals surface area contributed by atoms with Gasteiger partial charge in [0.2, 0.25) is 0 Å². The van der Waals surface area contributed by atoms with Crippen LogP contribution in [0.4, 0.5) is 0 Å². The van der Waals surface area contributed by atoms with E-state index in [1.165, 1.54) is 25.3 Å². The van der Waals surface area contributed by atoms with Crippen LogP contribution < -0.4 is 4.74 Å². The number of hydrogen-bond donors (Lipinski definition) is 2. The first kappa shape index (κ1) is 13.7. The smallest absolute Gasteiger partial charge is 0.189 e. The highest BCUT2D eigenvalue weighted by atomic mass is 16.5. The molecule has 2 rings (SSSR count). The van der Waals surface area contributed by atoms with Gasteiger partial charge in [-0.15, -0.1) is 0 Å². The van der Waals surface area contributed by atoms with Crippen LogP contribution in [0.3, 0.4) is 0 Å². The Labute approximate surface area is 116 Å². The summed E-state index contributed by atoms with van der Waals surface area (Å²) in [4.78, 5) is 11.9. The molecule has 20 heavy (non-hydrogen) atoms. The fourth-order valence-electron chi connectivity index (χ4n) is 1.75. The second kappa shape index (κ2) is 5.93. The zero-order valence-electron chi connectivity index (χ0n) is 10.9. The Balaban J connectivity index is 2.19. The van der Waals surface area contributed by atoms with Crippen LogP contribution in [-0.4, -0.2) is 23.1 Å². The van der Waals surface area contributed by atoms with Gasteiger partial charge in [0.25, 0.3) is 0 Å². The molecule has 0 spiro atoms. The molecule has 0 bridgehead atoms. The van der Waals surface area contributed by atoms with Crippen LogP contribution in [0.1, 0.15) is 15.9 Å². The molecule has 0 aliphatic rings. The largest absolute Gasteiger partial charge is 0.507 e. The van der Waals surface area contributed by atoms with Crippen molar-refractivity contribution in [3.8, 4) is 17.2 Å². The SMILES string of the molecule is COc1ccc(C=CC(=O)c2ccccc2O)cc1O. The van der Waals surface area contributed by atoms with E-state index in [0.717, 1.165) is 0 Å². The van der Waals surface area contributed by atoms with Gasteiger partial charge < -0.3 is 14.9 Å². The van der Waals surface area contributed by atoms with Gasteiger partial charge >= 0.3 is 0 Å². The van der Waals surface area contributed by atoms with E-state index in [1.54, 1.807) is 36.4 Å². The van der Waals surface area contributed by atoms with Crippen LogP contribution in [-0.2, 0) is 0 Å². The van der Waals surface area contributed by atoms with Crippen molar-refractivity contribution in [1.82, 2.24) is 0 Å². The standard InChI is InChI=1S/C16H14O4/c1-20-16-9-7-11(10-15(16)19)6-8-14(18)12-4-2-3-5-13(12)17/h2-10,17,19H,1H3. The summed E-state index contributed by atoms with van der Waals surface area (Å²) in [5.41, 5.74) is 0.897. The van der Waals surface area contributed by atoms with Gasteiger partial charge in [0.1, 0.15) is 5.75 Å². The molecule has 0 saturated heterocycles. The van der Waals surface area contributed by atoms with Gasteiger partial charge in [-0.2, -0.15) is 0 Å². The Hall–Kier alpha value is -2.75. The average Bonchev–Trinajstić information content (AvgIpc) is 2.45. The van der Waals surface area contributed by atoms with Crippen molar-refractivity contribution in [3.05, 3.63) is 59.7 Å². The number of allylic oxidation sites excluding steroid dienone is 1. The van der Waals surface area contributed by atoms with Crippen molar-refractivity contribution >= 4 is 11.9 Å². The maximum absolute atomic E-state index is 11.9. The number of phenolic OH excluding ortho intramolecular Hbond substituents is 2. The first-order valence-electron chi connectivity index (χ1n) is 5.99. The lowest BCUT2D eigenvalue weighted by Gasteiger charge is -2.03.